The van der Waals surface area contributed by atoms with Crippen molar-refractivity contribution < 1.29 is 24.5 Å². The molecule has 204 valence electrons. The Morgan fingerprint density at radius 3 is 1.68 bits per heavy atom. The Morgan fingerprint density at radius 2 is 1.24 bits per heavy atom. The molecule has 0 aliphatic rings. The van der Waals surface area contributed by atoms with Crippen molar-refractivity contribution in [3.05, 3.63) is 79.0 Å². The van der Waals surface area contributed by atoms with Crippen LogP contribution in [0.3, 0.4) is 0 Å². The van der Waals surface area contributed by atoms with Crippen LogP contribution >= 0.6 is 0 Å². The van der Waals surface area contributed by atoms with Gasteiger partial charge >= 0.3 is 23.0 Å². The van der Waals surface area contributed by atoms with Gasteiger partial charge in [0.15, 0.2) is 5.78 Å². The standard InChI is InChI=1S/C27H33N3O8/c1-4-27(3,5-2)22(33)20-16-18-8-6-7-9-19(18)17-21(20)23(34)38-15-12-30-25(36)28(10-13-31)24(35)29(11-14-32)26(30)37/h6-9,16-17,31-32H,4-5,10-15H2,1-3H3. The summed E-state index contributed by atoms with van der Waals surface area (Å²) in [4.78, 5) is 64.6. The van der Waals surface area contributed by atoms with Gasteiger partial charge in [0.25, 0.3) is 0 Å². The summed E-state index contributed by atoms with van der Waals surface area (Å²) in [5.74, 6) is -0.972. The minimum Gasteiger partial charge on any atom is -0.460 e. The van der Waals surface area contributed by atoms with Crippen LogP contribution in [-0.4, -0.2) is 55.5 Å². The summed E-state index contributed by atoms with van der Waals surface area (Å²) in [5, 5.41) is 20.0. The molecule has 3 aromatic rings. The van der Waals surface area contributed by atoms with Crippen molar-refractivity contribution in [2.45, 2.75) is 53.2 Å². The Bertz CT molecular complexity index is 1470. The molecule has 0 unspecified atom stereocenters. The number of aromatic nitrogens is 3. The van der Waals surface area contributed by atoms with Gasteiger partial charge in [-0.05, 0) is 35.7 Å². The first-order valence-electron chi connectivity index (χ1n) is 12.5. The molecular weight excluding hydrogens is 494 g/mol. The first-order valence-corrected chi connectivity index (χ1v) is 12.5. The second-order valence-corrected chi connectivity index (χ2v) is 9.23. The van der Waals surface area contributed by atoms with E-state index in [2.05, 4.69) is 0 Å². The largest absolute Gasteiger partial charge is 0.460 e. The predicted octanol–water partition coefficient (Wildman–Crippen LogP) is 1.18. The van der Waals surface area contributed by atoms with Gasteiger partial charge < -0.3 is 14.9 Å². The van der Waals surface area contributed by atoms with Crippen molar-refractivity contribution in [2.24, 2.45) is 5.41 Å². The molecule has 0 fully saturated rings. The molecule has 0 saturated carbocycles. The number of nitrogens with zero attached hydrogens (tertiary/aromatic N) is 3. The lowest BCUT2D eigenvalue weighted by Crippen LogP contribution is -2.55. The van der Waals surface area contributed by atoms with Crippen LogP contribution in [-0.2, 0) is 24.4 Å². The van der Waals surface area contributed by atoms with Crippen LogP contribution in [0, 0.1) is 5.41 Å². The fourth-order valence-corrected chi connectivity index (χ4v) is 4.26. The smallest absolute Gasteiger partial charge is 0.338 e. The number of ketones is 1. The van der Waals surface area contributed by atoms with E-state index in [4.69, 9.17) is 4.74 Å². The summed E-state index contributed by atoms with van der Waals surface area (Å²) in [5.41, 5.74) is -3.25. The average molecular weight is 528 g/mol. The van der Waals surface area contributed by atoms with Crippen LogP contribution in [0.15, 0.2) is 50.8 Å². The molecule has 38 heavy (non-hydrogen) atoms. The van der Waals surface area contributed by atoms with Gasteiger partial charge in [-0.2, -0.15) is 0 Å². The summed E-state index contributed by atoms with van der Waals surface area (Å²) >= 11 is 0. The first-order chi connectivity index (χ1) is 18.1. The first kappa shape index (κ1) is 28.7. The highest BCUT2D eigenvalue weighted by molar-refractivity contribution is 6.11. The maximum Gasteiger partial charge on any atom is 0.338 e. The molecule has 3 rings (SSSR count). The number of carbonyl (C=O) groups is 2. The highest BCUT2D eigenvalue weighted by atomic mass is 16.5. The van der Waals surface area contributed by atoms with E-state index < -0.39 is 48.3 Å². The van der Waals surface area contributed by atoms with Crippen molar-refractivity contribution in [3.8, 4) is 0 Å². The molecule has 0 bridgehead atoms. The number of hydrogen-bond acceptors (Lipinski definition) is 8. The summed E-state index contributed by atoms with van der Waals surface area (Å²) in [6.45, 7) is 3.17. The van der Waals surface area contributed by atoms with Gasteiger partial charge in [-0.3, -0.25) is 4.79 Å². The molecule has 11 nitrogen and oxygen atoms in total. The van der Waals surface area contributed by atoms with E-state index in [1.165, 1.54) is 0 Å². The van der Waals surface area contributed by atoms with E-state index in [1.54, 1.807) is 12.1 Å². The third kappa shape index (κ3) is 5.53. The summed E-state index contributed by atoms with van der Waals surface area (Å²) in [6, 6.07) is 10.6. The van der Waals surface area contributed by atoms with E-state index in [1.807, 2.05) is 45.0 Å². The number of aliphatic hydroxyl groups is 2. The van der Waals surface area contributed by atoms with Crippen molar-refractivity contribution in [3.63, 3.8) is 0 Å². The van der Waals surface area contributed by atoms with Gasteiger partial charge in [0.1, 0.15) is 6.61 Å². The van der Waals surface area contributed by atoms with E-state index in [-0.39, 0.29) is 36.5 Å². The number of benzene rings is 2. The molecule has 0 aliphatic carbocycles. The summed E-state index contributed by atoms with van der Waals surface area (Å²) in [6.07, 6.45) is 1.16. The van der Waals surface area contributed by atoms with Crippen LogP contribution < -0.4 is 17.1 Å². The Kier molecular flexibility index (Phi) is 9.18. The topological polar surface area (TPSA) is 150 Å². The highest BCUT2D eigenvalue weighted by Crippen LogP contribution is 2.33. The molecule has 2 aromatic carbocycles. The second-order valence-electron chi connectivity index (χ2n) is 9.23. The highest BCUT2D eigenvalue weighted by Gasteiger charge is 2.33. The van der Waals surface area contributed by atoms with Crippen LogP contribution in [0.25, 0.3) is 10.8 Å². The van der Waals surface area contributed by atoms with E-state index in [9.17, 15) is 34.2 Å². The molecule has 1 aromatic heterocycles. The lowest BCUT2D eigenvalue weighted by molar-refractivity contribution is 0.0481. The molecule has 1 heterocycles. The van der Waals surface area contributed by atoms with E-state index in [0.717, 1.165) is 10.8 Å². The molecule has 2 N–H and O–H groups in total. The minimum atomic E-state index is -0.970. The molecular formula is C27H33N3O8. The normalized spacial score (nSPS) is 11.6. The fourth-order valence-electron chi connectivity index (χ4n) is 4.26. The zero-order chi connectivity index (χ0) is 28.0. The Balaban J connectivity index is 1.96. The molecule has 0 spiro atoms. The van der Waals surface area contributed by atoms with Gasteiger partial charge in [-0.15, -0.1) is 0 Å². The van der Waals surface area contributed by atoms with Crippen LogP contribution in [0.2, 0.25) is 0 Å². The van der Waals surface area contributed by atoms with Crippen LogP contribution in [0.5, 0.6) is 0 Å². The quantitative estimate of drug-likeness (QED) is 0.263. The van der Waals surface area contributed by atoms with Crippen molar-refractivity contribution in [2.75, 3.05) is 19.8 Å². The van der Waals surface area contributed by atoms with Gasteiger partial charge in [0.2, 0.25) is 0 Å². The number of ether oxygens (including phenoxy) is 1. The Hall–Kier alpha value is -3.83. The van der Waals surface area contributed by atoms with Gasteiger partial charge in [0.05, 0.1) is 38.4 Å². The van der Waals surface area contributed by atoms with Gasteiger partial charge in [-0.25, -0.2) is 32.9 Å². The van der Waals surface area contributed by atoms with Gasteiger partial charge in [-0.1, -0.05) is 45.0 Å². The minimum absolute atomic E-state index is 0.0807. The van der Waals surface area contributed by atoms with E-state index in [0.29, 0.717) is 26.5 Å². The third-order valence-corrected chi connectivity index (χ3v) is 7.04. The monoisotopic (exact) mass is 527 g/mol. The van der Waals surface area contributed by atoms with Crippen molar-refractivity contribution >= 4 is 22.5 Å². The maximum atomic E-state index is 13.5. The molecule has 0 saturated heterocycles. The SMILES string of the molecule is CCC(C)(CC)C(=O)c1cc2ccccc2cc1C(=O)OCCn1c(=O)n(CCO)c(=O)n(CCO)c1=O. The average Bonchev–Trinajstić information content (AvgIpc) is 2.93. The zero-order valence-electron chi connectivity index (χ0n) is 21.8. The Labute approximate surface area is 218 Å². The zero-order valence-corrected chi connectivity index (χ0v) is 21.8. The van der Waals surface area contributed by atoms with E-state index >= 15 is 0 Å². The number of fused-ring (bicyclic) bond motifs is 1. The predicted molar refractivity (Wildman–Crippen MR) is 141 cm³/mol. The number of Topliss-reactive ketones (excluding diaryl/α,β-unsaturated/α-hetero) is 1. The van der Waals surface area contributed by atoms with Crippen LogP contribution in [0.1, 0.15) is 54.3 Å². The second kappa shape index (κ2) is 12.1. The number of aliphatic hydroxyl groups excluding tert-OH is 2. The molecule has 0 radical (unpaired) electrons. The Morgan fingerprint density at radius 1 is 0.789 bits per heavy atom. The summed E-state index contributed by atoms with van der Waals surface area (Å²) in [7, 11) is 0. The fraction of sp³-hybridized carbons (Fsp3) is 0.444. The van der Waals surface area contributed by atoms with Gasteiger partial charge in [0, 0.05) is 11.0 Å². The maximum absolute atomic E-state index is 13.5. The number of rotatable bonds is 12. The molecule has 11 heteroatoms. The third-order valence-electron chi connectivity index (χ3n) is 7.04. The number of hydrogen-bond donors (Lipinski definition) is 2. The number of carbonyl (C=O) groups excluding carboxylic acids is 2. The van der Waals surface area contributed by atoms with Crippen LogP contribution in [0.4, 0.5) is 0 Å². The molecule has 0 aliphatic heterocycles. The summed E-state index contributed by atoms with van der Waals surface area (Å²) < 4.78 is 7.46. The van der Waals surface area contributed by atoms with Crippen molar-refractivity contribution in [1.82, 2.24) is 13.7 Å². The number of esters is 1. The lowest BCUT2D eigenvalue weighted by atomic mass is 9.76. The molecule has 0 atom stereocenters. The lowest BCUT2D eigenvalue weighted by Gasteiger charge is -2.26. The molecule has 0 amide bonds. The van der Waals surface area contributed by atoms with Crippen molar-refractivity contribution in [1.29, 1.82) is 0 Å².